The van der Waals surface area contributed by atoms with Crippen molar-refractivity contribution >= 4 is 21.7 Å². The highest BCUT2D eigenvalue weighted by molar-refractivity contribution is 9.10. The van der Waals surface area contributed by atoms with E-state index in [9.17, 15) is 10.1 Å². The Morgan fingerprint density at radius 1 is 1.32 bits per heavy atom. The van der Waals surface area contributed by atoms with Crippen molar-refractivity contribution < 1.29 is 9.53 Å². The summed E-state index contributed by atoms with van der Waals surface area (Å²) in [6.07, 6.45) is 1.15. The van der Waals surface area contributed by atoms with Gasteiger partial charge in [0.15, 0.2) is 5.78 Å². The number of nitriles is 1. The van der Waals surface area contributed by atoms with Crippen molar-refractivity contribution in [3.05, 3.63) is 57.1 Å². The fourth-order valence-electron chi connectivity index (χ4n) is 3.08. The summed E-state index contributed by atoms with van der Waals surface area (Å²) in [5.74, 6) is 0.571. The van der Waals surface area contributed by atoms with E-state index in [0.29, 0.717) is 29.7 Å². The molecule has 3 rings (SSSR count). The Kier molecular flexibility index (Phi) is 3.79. The van der Waals surface area contributed by atoms with E-state index in [0.717, 1.165) is 10.0 Å². The van der Waals surface area contributed by atoms with Crippen molar-refractivity contribution in [1.82, 2.24) is 0 Å². The maximum absolute atomic E-state index is 12.5. The zero-order valence-electron chi connectivity index (χ0n) is 12.1. The van der Waals surface area contributed by atoms with E-state index in [-0.39, 0.29) is 17.6 Å². The maximum atomic E-state index is 12.5. The first-order valence-corrected chi connectivity index (χ1v) is 7.89. The molecule has 1 aliphatic carbocycles. The van der Waals surface area contributed by atoms with Crippen LogP contribution in [0, 0.1) is 17.2 Å². The zero-order valence-corrected chi connectivity index (χ0v) is 13.7. The van der Waals surface area contributed by atoms with Crippen LogP contribution in [-0.2, 0) is 9.53 Å². The molecule has 0 amide bonds. The molecule has 4 nitrogen and oxygen atoms in total. The van der Waals surface area contributed by atoms with Crippen molar-refractivity contribution in [2.45, 2.75) is 25.7 Å². The summed E-state index contributed by atoms with van der Waals surface area (Å²) < 4.78 is 6.54. The number of benzene rings is 1. The van der Waals surface area contributed by atoms with Gasteiger partial charge in [-0.25, -0.2) is 0 Å². The van der Waals surface area contributed by atoms with Crippen LogP contribution in [-0.4, -0.2) is 5.78 Å². The quantitative estimate of drug-likeness (QED) is 0.833. The van der Waals surface area contributed by atoms with Gasteiger partial charge in [-0.2, -0.15) is 5.26 Å². The van der Waals surface area contributed by atoms with Crippen molar-refractivity contribution in [2.24, 2.45) is 11.7 Å². The molecule has 112 valence electrons. The van der Waals surface area contributed by atoms with Crippen LogP contribution in [0.3, 0.4) is 0 Å². The molecular weight excluding hydrogens is 344 g/mol. The number of halogens is 1. The van der Waals surface area contributed by atoms with Crippen molar-refractivity contribution in [2.75, 3.05) is 0 Å². The lowest BCUT2D eigenvalue weighted by molar-refractivity contribution is -0.117. The second kappa shape index (κ2) is 5.62. The SMILES string of the molecule is CC1CC(=O)C2=C(C1)OC(N)=C(C#N)C2c1ccc(Br)cc1. The molecule has 0 saturated carbocycles. The van der Waals surface area contributed by atoms with Crippen LogP contribution in [0.4, 0.5) is 0 Å². The van der Waals surface area contributed by atoms with Gasteiger partial charge in [-0.1, -0.05) is 35.0 Å². The van der Waals surface area contributed by atoms with Crippen molar-refractivity contribution in [3.8, 4) is 6.07 Å². The molecule has 1 aromatic carbocycles. The van der Waals surface area contributed by atoms with Gasteiger partial charge >= 0.3 is 0 Å². The minimum Gasteiger partial charge on any atom is -0.444 e. The van der Waals surface area contributed by atoms with Gasteiger partial charge in [-0.05, 0) is 23.6 Å². The molecule has 0 saturated heterocycles. The molecule has 2 aliphatic rings. The average molecular weight is 359 g/mol. The Morgan fingerprint density at radius 2 is 2.00 bits per heavy atom. The summed E-state index contributed by atoms with van der Waals surface area (Å²) in [6.45, 7) is 2.01. The Hall–Kier alpha value is -2.06. The van der Waals surface area contributed by atoms with Crippen LogP contribution < -0.4 is 5.73 Å². The highest BCUT2D eigenvalue weighted by Crippen LogP contribution is 2.44. The lowest BCUT2D eigenvalue weighted by atomic mass is 9.75. The molecule has 1 heterocycles. The van der Waals surface area contributed by atoms with Crippen LogP contribution >= 0.6 is 15.9 Å². The molecule has 1 aliphatic heterocycles. The molecule has 0 spiro atoms. The molecule has 2 atom stereocenters. The van der Waals surface area contributed by atoms with E-state index in [1.165, 1.54) is 0 Å². The topological polar surface area (TPSA) is 76.1 Å². The van der Waals surface area contributed by atoms with Gasteiger partial charge < -0.3 is 10.5 Å². The average Bonchev–Trinajstić information content (AvgIpc) is 2.46. The van der Waals surface area contributed by atoms with Gasteiger partial charge in [0.05, 0.1) is 5.92 Å². The summed E-state index contributed by atoms with van der Waals surface area (Å²) in [4.78, 5) is 12.5. The summed E-state index contributed by atoms with van der Waals surface area (Å²) in [5, 5.41) is 9.47. The number of carbonyl (C=O) groups excluding carboxylic acids is 1. The summed E-state index contributed by atoms with van der Waals surface area (Å²) in [6, 6.07) is 9.71. The predicted octanol–water partition coefficient (Wildman–Crippen LogP) is 3.51. The second-order valence-electron chi connectivity index (χ2n) is 5.75. The van der Waals surface area contributed by atoms with Crippen LogP contribution in [0.25, 0.3) is 0 Å². The number of hydrogen-bond acceptors (Lipinski definition) is 4. The molecule has 0 radical (unpaired) electrons. The number of nitrogens with zero attached hydrogens (tertiary/aromatic N) is 1. The van der Waals surface area contributed by atoms with E-state index in [4.69, 9.17) is 10.5 Å². The van der Waals surface area contributed by atoms with Crippen LogP contribution in [0.15, 0.2) is 51.5 Å². The highest BCUT2D eigenvalue weighted by Gasteiger charge is 2.39. The standard InChI is InChI=1S/C17H15BrN2O2/c1-9-6-13(21)16-14(7-9)22-17(20)12(8-19)15(16)10-2-4-11(18)5-3-10/h2-5,9,15H,6-7,20H2,1H3. The highest BCUT2D eigenvalue weighted by atomic mass is 79.9. The smallest absolute Gasteiger partial charge is 0.205 e. The first-order chi connectivity index (χ1) is 10.5. The lowest BCUT2D eigenvalue weighted by Crippen LogP contribution is -2.29. The maximum Gasteiger partial charge on any atom is 0.205 e. The first kappa shape index (κ1) is 14.9. The minimum absolute atomic E-state index is 0.0434. The first-order valence-electron chi connectivity index (χ1n) is 7.10. The fraction of sp³-hybridized carbons (Fsp3) is 0.294. The number of Topliss-reactive ketones (excluding diaryl/α,β-unsaturated/α-hetero) is 1. The van der Waals surface area contributed by atoms with Crippen LogP contribution in [0.1, 0.15) is 31.2 Å². The van der Waals surface area contributed by atoms with Crippen LogP contribution in [0.2, 0.25) is 0 Å². The van der Waals surface area contributed by atoms with Crippen molar-refractivity contribution in [1.29, 1.82) is 5.26 Å². The Labute approximate surface area is 137 Å². The monoisotopic (exact) mass is 358 g/mol. The number of ether oxygens (including phenoxy) is 1. The molecule has 22 heavy (non-hydrogen) atoms. The van der Waals surface area contributed by atoms with E-state index in [1.54, 1.807) is 0 Å². The van der Waals surface area contributed by atoms with E-state index in [1.807, 2.05) is 31.2 Å². The third kappa shape index (κ3) is 2.44. The minimum atomic E-state index is -0.429. The molecule has 0 aromatic heterocycles. The number of ketones is 1. The van der Waals surface area contributed by atoms with Gasteiger partial charge in [0.2, 0.25) is 5.88 Å². The van der Waals surface area contributed by atoms with Crippen molar-refractivity contribution in [3.63, 3.8) is 0 Å². The summed E-state index contributed by atoms with van der Waals surface area (Å²) in [7, 11) is 0. The number of nitrogens with two attached hydrogens (primary N) is 1. The Bertz CT molecular complexity index is 741. The molecule has 5 heteroatoms. The number of rotatable bonds is 1. The van der Waals surface area contributed by atoms with Gasteiger partial charge in [-0.3, -0.25) is 4.79 Å². The van der Waals surface area contributed by atoms with Gasteiger partial charge in [0.1, 0.15) is 17.4 Å². The molecule has 0 bridgehead atoms. The number of allylic oxidation sites excluding steroid dienone is 3. The van der Waals surface area contributed by atoms with Gasteiger partial charge in [0, 0.05) is 22.9 Å². The van der Waals surface area contributed by atoms with E-state index < -0.39 is 5.92 Å². The number of hydrogen-bond donors (Lipinski definition) is 1. The normalized spacial score (nSPS) is 24.7. The molecule has 0 fully saturated rings. The molecule has 2 unspecified atom stereocenters. The third-order valence-corrected chi connectivity index (χ3v) is 4.60. The second-order valence-corrected chi connectivity index (χ2v) is 6.67. The summed E-state index contributed by atoms with van der Waals surface area (Å²) >= 11 is 3.40. The van der Waals surface area contributed by atoms with E-state index in [2.05, 4.69) is 22.0 Å². The zero-order chi connectivity index (χ0) is 15.9. The van der Waals surface area contributed by atoms with Gasteiger partial charge in [0.25, 0.3) is 0 Å². The molecule has 1 aromatic rings. The fourth-order valence-corrected chi connectivity index (χ4v) is 3.35. The third-order valence-electron chi connectivity index (χ3n) is 4.07. The number of carbonyl (C=O) groups is 1. The van der Waals surface area contributed by atoms with Crippen LogP contribution in [0.5, 0.6) is 0 Å². The molecule has 2 N–H and O–H groups in total. The largest absolute Gasteiger partial charge is 0.444 e. The Morgan fingerprint density at radius 3 is 2.64 bits per heavy atom. The predicted molar refractivity (Wildman–Crippen MR) is 85.2 cm³/mol. The Balaban J connectivity index is 2.16. The van der Waals surface area contributed by atoms with E-state index >= 15 is 0 Å². The summed E-state index contributed by atoms with van der Waals surface area (Å²) in [5.41, 5.74) is 7.70. The molecular formula is C17H15BrN2O2. The lowest BCUT2D eigenvalue weighted by Gasteiger charge is -2.32. The van der Waals surface area contributed by atoms with Gasteiger partial charge in [-0.15, -0.1) is 0 Å².